The van der Waals surface area contributed by atoms with E-state index < -0.39 is 108 Å². The number of guanidine groups is 6. The lowest BCUT2D eigenvalue weighted by atomic mass is 9.72. The van der Waals surface area contributed by atoms with Crippen LogP contribution in [-0.4, -0.2) is 186 Å². The van der Waals surface area contributed by atoms with E-state index in [1.807, 2.05) is 24.3 Å². The highest BCUT2D eigenvalue weighted by atomic mass is 32.2. The van der Waals surface area contributed by atoms with Crippen molar-refractivity contribution in [3.05, 3.63) is 47.5 Å². The lowest BCUT2D eigenvalue weighted by Crippen LogP contribution is -2.56. The quantitative estimate of drug-likeness (QED) is 0.0173. The van der Waals surface area contributed by atoms with Gasteiger partial charge in [-0.15, -0.1) is 0 Å². The van der Waals surface area contributed by atoms with Gasteiger partial charge in [-0.1, -0.05) is 93.1 Å². The molecule has 2 rings (SSSR count). The van der Waals surface area contributed by atoms with E-state index in [9.17, 15) is 38.4 Å². The third-order valence-electron chi connectivity index (χ3n) is 16.2. The first-order valence-corrected chi connectivity index (χ1v) is 36.3. The van der Waals surface area contributed by atoms with Crippen LogP contribution in [-0.2, 0) is 58.7 Å². The van der Waals surface area contributed by atoms with Gasteiger partial charge in [0.25, 0.3) is 11.8 Å². The summed E-state index contributed by atoms with van der Waals surface area (Å²) in [7, 11) is 2.32. The lowest BCUT2D eigenvalue weighted by Gasteiger charge is -2.34. The van der Waals surface area contributed by atoms with Crippen molar-refractivity contribution in [3.63, 3.8) is 0 Å². The van der Waals surface area contributed by atoms with Crippen LogP contribution in [0, 0.1) is 10.8 Å². The van der Waals surface area contributed by atoms with Gasteiger partial charge in [0.1, 0.15) is 47.8 Å². The number of benzene rings is 2. The summed E-state index contributed by atoms with van der Waals surface area (Å²) in [6.45, 7) is 20.8. The summed E-state index contributed by atoms with van der Waals surface area (Å²) in [6.07, 6.45) is 2.92. The number of nitrogens with two attached hydrogens (primary N) is 12. The smallest absolute Gasteiger partial charge is 0.328 e. The zero-order valence-corrected chi connectivity index (χ0v) is 65.2. The molecule has 0 unspecified atom stereocenters. The summed E-state index contributed by atoms with van der Waals surface area (Å²) in [4.78, 5) is 137. The van der Waals surface area contributed by atoms with Gasteiger partial charge in [0.2, 0.25) is 23.6 Å². The molecule has 0 heterocycles. The minimum atomic E-state index is -1.30. The maximum absolute atomic E-state index is 14.5. The fourth-order valence-corrected chi connectivity index (χ4v) is 13.0. The molecule has 30 N–H and O–H groups in total. The Labute approximate surface area is 632 Å². The highest BCUT2D eigenvalue weighted by Gasteiger charge is 2.35. The predicted molar refractivity (Wildman–Crippen MR) is 417 cm³/mol. The summed E-state index contributed by atoms with van der Waals surface area (Å²) in [5.41, 5.74) is 67.5. The van der Waals surface area contributed by atoms with Crippen molar-refractivity contribution >= 4 is 94.9 Å². The number of methoxy groups -OCH3 is 2. The normalized spacial score (nSPS) is 13.1. The maximum Gasteiger partial charge on any atom is 0.328 e. The Morgan fingerprint density at radius 1 is 0.364 bits per heavy atom. The van der Waals surface area contributed by atoms with Crippen LogP contribution in [0.25, 0.3) is 0 Å². The Balaban J connectivity index is 2.81. The molecule has 600 valence electrons. The largest absolute Gasteiger partial charge is 0.483 e. The van der Waals surface area contributed by atoms with Crippen molar-refractivity contribution in [2.75, 3.05) is 66.7 Å². The maximum atomic E-state index is 14.5. The average molecular weight is 1520 g/mol. The van der Waals surface area contributed by atoms with Crippen LogP contribution in [0.5, 0.6) is 11.5 Å². The number of nitrogens with one attached hydrogen (secondary N) is 6. The second-order valence-corrected chi connectivity index (χ2v) is 30.6. The standard InChI is InChI=1S/C70H122N24O12S/c1-67(2,3)39-69(7,8)41-25-27-49(105-37-53(95)89-43(19-13-29-83-61(71)72)55(97)91-45(21-15-31-85-63(75)76)57(99)93-47(59(101)103-11)23-17-33-87-65(79)80)51(35-41)107-52-36-42(70(9,10)40-68(4,5)6)26-28-50(52)106-38-54(96)90-44(20-14-30-84-62(73)74)56(98)92-46(22-16-32-86-64(77)78)58(100)94-48(60(102)104-12)24-18-34-88-66(81)82/h25-28,35-36,43-48H,13-24,29-34,37-40H2,1-12H3,(H,89,95)(H,90,96)(H,91,97)(H,92,98)(H,93,99)(H,94,100)(H4,71,72,83)(H4,73,74,84)(H4,75,76,85)(H4,77,78,86)(H4,79,80,87)(H4,81,82,88)/t43-,44-,45-,46-,47-,48-/m0/s1. The van der Waals surface area contributed by atoms with Crippen LogP contribution < -0.4 is 110 Å². The molecule has 107 heavy (non-hydrogen) atoms. The number of amides is 6. The molecule has 0 spiro atoms. The van der Waals surface area contributed by atoms with E-state index in [1.54, 1.807) is 12.1 Å². The van der Waals surface area contributed by atoms with E-state index in [2.05, 4.69) is 131 Å². The summed E-state index contributed by atoms with van der Waals surface area (Å²) in [5, 5.41) is 16.4. The van der Waals surface area contributed by atoms with Gasteiger partial charge in [0, 0.05) is 39.3 Å². The Kier molecular flexibility index (Phi) is 39.9. The first-order chi connectivity index (χ1) is 49.9. The van der Waals surface area contributed by atoms with Crippen LogP contribution >= 0.6 is 11.8 Å². The van der Waals surface area contributed by atoms with Crippen LogP contribution in [0.1, 0.15) is 170 Å². The predicted octanol–water partition coefficient (Wildman–Crippen LogP) is -0.401. The van der Waals surface area contributed by atoms with Gasteiger partial charge < -0.3 is 120 Å². The summed E-state index contributed by atoms with van der Waals surface area (Å²) in [6, 6.07) is 3.82. The molecule has 37 heteroatoms. The number of nitrogens with zero attached hydrogens (tertiary/aromatic N) is 6. The van der Waals surface area contributed by atoms with Gasteiger partial charge >= 0.3 is 11.9 Å². The molecule has 0 radical (unpaired) electrons. The first-order valence-electron chi connectivity index (χ1n) is 35.5. The molecule has 0 aliphatic heterocycles. The Morgan fingerprint density at radius 3 is 0.832 bits per heavy atom. The number of esters is 2. The Hall–Kier alpha value is -10.2. The van der Waals surface area contributed by atoms with Crippen molar-refractivity contribution in [3.8, 4) is 11.5 Å². The highest BCUT2D eigenvalue weighted by molar-refractivity contribution is 7.99. The van der Waals surface area contributed by atoms with E-state index in [1.165, 1.54) is 11.8 Å². The molecule has 0 bridgehead atoms. The molecule has 0 saturated heterocycles. The number of ether oxygens (including phenoxy) is 4. The minimum absolute atomic E-state index is 0.0144. The Morgan fingerprint density at radius 2 is 0.598 bits per heavy atom. The van der Waals surface area contributed by atoms with E-state index in [4.69, 9.17) is 87.8 Å². The van der Waals surface area contributed by atoms with Crippen LogP contribution in [0.2, 0.25) is 0 Å². The number of rotatable bonds is 48. The summed E-state index contributed by atoms with van der Waals surface area (Å²) in [5.74, 6) is -6.59. The van der Waals surface area contributed by atoms with Gasteiger partial charge in [-0.25, -0.2) is 9.59 Å². The molecule has 0 aliphatic carbocycles. The fourth-order valence-electron chi connectivity index (χ4n) is 12.0. The second kappa shape index (κ2) is 46.0. The van der Waals surface area contributed by atoms with Crippen LogP contribution in [0.3, 0.4) is 0 Å². The number of carbonyl (C=O) groups excluding carboxylic acids is 8. The third-order valence-corrected chi connectivity index (χ3v) is 17.3. The van der Waals surface area contributed by atoms with Crippen molar-refractivity contribution in [1.29, 1.82) is 0 Å². The number of hydrogen-bond acceptors (Lipinski definition) is 19. The molecular weight excluding hydrogens is 1400 g/mol. The SMILES string of the molecule is COC(=O)[C@H](CCCN=C(N)N)NC(=O)[C@H](CCCN=C(N)N)NC(=O)[C@H](CCCN=C(N)N)NC(=O)COc1ccc(C(C)(C)CC(C)(C)C)cc1Sc1cc(C(C)(C)CC(C)(C)C)ccc1OCC(=O)N[C@@H](CCCN=C(N)N)C(=O)N[C@@H](CCCN=C(N)N)C(=O)N[C@@H](CCCN=C(N)N)C(=O)OC. The lowest BCUT2D eigenvalue weighted by molar-refractivity contribution is -0.146. The minimum Gasteiger partial charge on any atom is -0.483 e. The summed E-state index contributed by atoms with van der Waals surface area (Å²) >= 11 is 1.26. The number of carbonyl (C=O) groups is 8. The van der Waals surface area contributed by atoms with E-state index in [0.29, 0.717) is 9.79 Å². The average Bonchev–Trinajstić information content (AvgIpc) is 0.793. The van der Waals surface area contributed by atoms with Crippen LogP contribution in [0.15, 0.2) is 76.1 Å². The molecule has 0 saturated carbocycles. The zero-order valence-electron chi connectivity index (χ0n) is 64.4. The van der Waals surface area contributed by atoms with Crippen molar-refractivity contribution in [1.82, 2.24) is 31.9 Å². The molecule has 2 aromatic carbocycles. The molecule has 0 fully saturated rings. The van der Waals surface area contributed by atoms with Crippen molar-refractivity contribution < 1.29 is 57.3 Å². The molecule has 6 amide bonds. The molecule has 2 aromatic rings. The monoisotopic (exact) mass is 1520 g/mol. The van der Waals surface area contributed by atoms with Crippen molar-refractivity contribution in [2.45, 2.75) is 216 Å². The van der Waals surface area contributed by atoms with E-state index in [-0.39, 0.29) is 174 Å². The van der Waals surface area contributed by atoms with Gasteiger partial charge in [-0.05, 0) is 147 Å². The molecule has 36 nitrogen and oxygen atoms in total. The molecule has 0 aromatic heterocycles. The molecule has 6 atom stereocenters. The highest BCUT2D eigenvalue weighted by Crippen LogP contribution is 2.46. The number of hydrogen-bond donors (Lipinski definition) is 18. The third kappa shape index (κ3) is 38.6. The van der Waals surface area contributed by atoms with Crippen molar-refractivity contribution in [2.24, 2.45) is 110 Å². The van der Waals surface area contributed by atoms with E-state index >= 15 is 0 Å². The van der Waals surface area contributed by atoms with Gasteiger partial charge in [-0.3, -0.25) is 58.7 Å². The van der Waals surface area contributed by atoms with Gasteiger partial charge in [0.05, 0.1) is 24.0 Å². The fraction of sp³-hybridized carbons (Fsp3) is 0.629. The number of aliphatic imine (C=N–C) groups is 6. The topological polar surface area (TPSA) is 632 Å². The molecular formula is C70H122N24O12S. The zero-order chi connectivity index (χ0) is 80.8. The molecule has 0 aliphatic rings. The first kappa shape index (κ1) is 92.9. The van der Waals surface area contributed by atoms with E-state index in [0.717, 1.165) is 38.2 Å². The van der Waals surface area contributed by atoms with Crippen LogP contribution in [0.4, 0.5) is 0 Å². The van der Waals surface area contributed by atoms with Gasteiger partial charge in [-0.2, -0.15) is 0 Å². The Bertz CT molecular complexity index is 3200. The van der Waals surface area contributed by atoms with Gasteiger partial charge in [0.15, 0.2) is 49.0 Å². The summed E-state index contributed by atoms with van der Waals surface area (Å²) < 4.78 is 22.8. The second-order valence-electron chi connectivity index (χ2n) is 29.5.